The molecule has 2 aliphatic rings. The lowest BCUT2D eigenvalue weighted by Gasteiger charge is -2.35. The maximum atomic E-state index is 13.3. The van der Waals surface area contributed by atoms with Gasteiger partial charge >= 0.3 is 6.16 Å². The van der Waals surface area contributed by atoms with Crippen molar-refractivity contribution >= 4 is 46.8 Å². The number of aromatic hydroxyl groups is 1. The predicted octanol–water partition coefficient (Wildman–Crippen LogP) is 6.37. The van der Waals surface area contributed by atoms with E-state index in [4.69, 9.17) is 23.7 Å². The number of likely N-dealkylation sites (N-methyl/N-ethyl adjacent to an activating group) is 1. The third kappa shape index (κ3) is 13.8. The van der Waals surface area contributed by atoms with Gasteiger partial charge in [-0.3, -0.25) is 24.0 Å². The third-order valence-electron chi connectivity index (χ3n) is 11.3. The summed E-state index contributed by atoms with van der Waals surface area (Å²) in [5, 5.41) is 12.7. The molecule has 0 aliphatic carbocycles. The molecule has 1 atom stereocenters. The summed E-state index contributed by atoms with van der Waals surface area (Å²) in [5.41, 5.74) is 6.32. The molecule has 0 radical (unpaired) electrons. The molecule has 6 rings (SSSR count). The Hall–Kier alpha value is -7.04. The van der Waals surface area contributed by atoms with Crippen LogP contribution in [0.4, 0.5) is 4.79 Å². The van der Waals surface area contributed by atoms with Crippen LogP contribution in [0.25, 0.3) is 11.1 Å². The fraction of sp³-hybridized carbons (Fsp3) is 0.385. The number of piperidine rings is 1. The van der Waals surface area contributed by atoms with Crippen molar-refractivity contribution in [3.05, 3.63) is 130 Å². The fourth-order valence-electron chi connectivity index (χ4n) is 7.85. The van der Waals surface area contributed by atoms with Gasteiger partial charge < -0.3 is 43.9 Å². The van der Waals surface area contributed by atoms with Gasteiger partial charge in [0.25, 0.3) is 11.8 Å². The Labute approximate surface area is 396 Å². The number of benzene rings is 4. The summed E-state index contributed by atoms with van der Waals surface area (Å²) in [4.78, 5) is 80.4. The van der Waals surface area contributed by atoms with Gasteiger partial charge in [0.2, 0.25) is 17.7 Å². The molecule has 4 aromatic carbocycles. The van der Waals surface area contributed by atoms with Gasteiger partial charge in [0.05, 0.1) is 32.8 Å². The van der Waals surface area contributed by atoms with Crippen molar-refractivity contribution in [2.24, 2.45) is 0 Å². The molecular formula is C52H60N4O12. The summed E-state index contributed by atoms with van der Waals surface area (Å²) in [5.74, 6) is -1.09. The van der Waals surface area contributed by atoms with Crippen LogP contribution in [0.3, 0.4) is 0 Å². The van der Waals surface area contributed by atoms with Crippen LogP contribution in [0.5, 0.6) is 11.5 Å². The lowest BCUT2D eigenvalue weighted by molar-refractivity contribution is -0.157. The smallest absolute Gasteiger partial charge is 0.508 e. The monoisotopic (exact) mass is 932 g/mol. The highest BCUT2D eigenvalue weighted by Crippen LogP contribution is 2.36. The minimum Gasteiger partial charge on any atom is -0.508 e. The zero-order chi connectivity index (χ0) is 48.8. The zero-order valence-electron chi connectivity index (χ0n) is 39.3. The number of phenols is 1. The minimum atomic E-state index is -1.02. The number of carbonyl (C=O) groups excluding carboxylic acids is 6. The number of imide groups is 1. The number of allylic oxidation sites excluding steroid dienone is 1. The van der Waals surface area contributed by atoms with E-state index in [0.717, 1.165) is 33.6 Å². The molecule has 0 aromatic heterocycles. The molecule has 2 N–H and O–H groups in total. The van der Waals surface area contributed by atoms with Gasteiger partial charge in [-0.25, -0.2) is 9.69 Å². The summed E-state index contributed by atoms with van der Waals surface area (Å²) >= 11 is 0. The lowest BCUT2D eigenvalue weighted by Crippen LogP contribution is -2.55. The van der Waals surface area contributed by atoms with Crippen molar-refractivity contribution in [3.63, 3.8) is 0 Å². The van der Waals surface area contributed by atoms with Crippen molar-refractivity contribution in [1.29, 1.82) is 0 Å². The predicted molar refractivity (Wildman–Crippen MR) is 252 cm³/mol. The number of phenolic OH excluding ortho intramolecular Hbond substituents is 1. The maximum Gasteiger partial charge on any atom is 0.510 e. The summed E-state index contributed by atoms with van der Waals surface area (Å²) in [6.45, 7) is 8.02. The van der Waals surface area contributed by atoms with E-state index in [1.54, 1.807) is 63.1 Å². The Morgan fingerprint density at radius 1 is 0.838 bits per heavy atom. The molecule has 360 valence electrons. The molecule has 0 saturated carbocycles. The number of hydrogen-bond acceptors (Lipinski definition) is 12. The van der Waals surface area contributed by atoms with Crippen molar-refractivity contribution in [2.75, 3.05) is 59.9 Å². The first kappa shape index (κ1) is 50.4. The van der Waals surface area contributed by atoms with E-state index in [1.165, 1.54) is 10.5 Å². The number of carbonyl (C=O) groups is 6. The van der Waals surface area contributed by atoms with E-state index < -0.39 is 36.3 Å². The molecule has 16 heteroatoms. The first-order valence-corrected chi connectivity index (χ1v) is 22.7. The number of likely N-dealkylation sites (tertiary alicyclic amines) is 1. The Balaban J connectivity index is 0.852. The summed E-state index contributed by atoms with van der Waals surface area (Å²) in [6.07, 6.45) is -0.0322. The molecule has 0 bridgehead atoms. The number of hydrogen-bond donors (Lipinski definition) is 2. The van der Waals surface area contributed by atoms with E-state index >= 15 is 0 Å². The summed E-state index contributed by atoms with van der Waals surface area (Å²) in [6, 6.07) is 29.5. The molecule has 0 spiro atoms. The second-order valence-electron chi connectivity index (χ2n) is 17.4. The van der Waals surface area contributed by atoms with E-state index in [-0.39, 0.29) is 88.9 Å². The normalized spacial score (nSPS) is 15.1. The van der Waals surface area contributed by atoms with Crippen molar-refractivity contribution in [1.82, 2.24) is 20.0 Å². The van der Waals surface area contributed by atoms with Crippen LogP contribution in [0.2, 0.25) is 0 Å². The van der Waals surface area contributed by atoms with Gasteiger partial charge in [0, 0.05) is 32.1 Å². The van der Waals surface area contributed by atoms with Crippen LogP contribution in [0, 0.1) is 0 Å². The lowest BCUT2D eigenvalue weighted by atomic mass is 9.88. The van der Waals surface area contributed by atoms with E-state index in [2.05, 4.69) is 24.4 Å². The molecule has 4 aromatic rings. The second-order valence-corrected chi connectivity index (χ2v) is 17.4. The Kier molecular flexibility index (Phi) is 17.5. The largest absolute Gasteiger partial charge is 0.510 e. The van der Waals surface area contributed by atoms with Gasteiger partial charge in [0.15, 0.2) is 6.73 Å². The van der Waals surface area contributed by atoms with Gasteiger partial charge in [-0.15, -0.1) is 0 Å². The van der Waals surface area contributed by atoms with Crippen LogP contribution in [-0.2, 0) is 51.1 Å². The van der Waals surface area contributed by atoms with Crippen LogP contribution < -0.4 is 10.1 Å². The Morgan fingerprint density at radius 2 is 1.53 bits per heavy atom. The minimum absolute atomic E-state index is 0.0100. The highest BCUT2D eigenvalue weighted by atomic mass is 16.7. The third-order valence-corrected chi connectivity index (χ3v) is 11.3. The van der Waals surface area contributed by atoms with Gasteiger partial charge in [-0.1, -0.05) is 73.7 Å². The highest BCUT2D eigenvalue weighted by molar-refractivity contribution is 6.05. The number of nitrogens with one attached hydrogen (secondary N) is 1. The van der Waals surface area contributed by atoms with Gasteiger partial charge in [-0.2, -0.15) is 0 Å². The van der Waals surface area contributed by atoms with Gasteiger partial charge in [-0.05, 0) is 103 Å². The van der Waals surface area contributed by atoms with Crippen LogP contribution >= 0.6 is 0 Å². The van der Waals surface area contributed by atoms with E-state index in [0.29, 0.717) is 29.0 Å². The average Bonchev–Trinajstić information content (AvgIpc) is 3.63. The molecule has 68 heavy (non-hydrogen) atoms. The molecule has 1 saturated heterocycles. The molecule has 2 aliphatic heterocycles. The van der Waals surface area contributed by atoms with Crippen LogP contribution in [0.15, 0.2) is 97.1 Å². The first-order valence-electron chi connectivity index (χ1n) is 22.7. The Morgan fingerprint density at radius 3 is 2.22 bits per heavy atom. The molecule has 1 unspecified atom stereocenters. The number of nitrogens with zero attached hydrogens (tertiary/aromatic N) is 3. The number of rotatable bonds is 21. The van der Waals surface area contributed by atoms with E-state index in [9.17, 15) is 33.9 Å². The fourth-order valence-corrected chi connectivity index (χ4v) is 7.85. The quantitative estimate of drug-likeness (QED) is 0.0407. The van der Waals surface area contributed by atoms with Crippen molar-refractivity contribution in [2.45, 2.75) is 71.6 Å². The van der Waals surface area contributed by atoms with Crippen molar-refractivity contribution in [3.8, 4) is 11.5 Å². The topological polar surface area (TPSA) is 191 Å². The average molecular weight is 933 g/mol. The SMILES string of the molecule is CC/C(=C(\c1ccc(O)cc1)c1ccc(OCCN(C)C(=O)COCCOCCNC(=O)Cc2ccc3c(c2)CN(C2CCC(=O)N(COC(=O)OC(C)(C)C)C2=O)C3=O)cc1)c1ccccc1. The van der Waals surface area contributed by atoms with Crippen LogP contribution in [0.1, 0.15) is 85.1 Å². The molecular weight excluding hydrogens is 873 g/mol. The molecule has 5 amide bonds. The van der Waals surface area contributed by atoms with Crippen molar-refractivity contribution < 1.29 is 57.6 Å². The molecule has 2 heterocycles. The Bertz CT molecular complexity index is 2450. The number of amides is 5. The van der Waals surface area contributed by atoms with Crippen LogP contribution in [-0.4, -0.2) is 127 Å². The molecule has 1 fully saturated rings. The zero-order valence-corrected chi connectivity index (χ0v) is 39.3. The summed E-state index contributed by atoms with van der Waals surface area (Å²) < 4.78 is 27.2. The second kappa shape index (κ2) is 23.6. The first-order chi connectivity index (χ1) is 32.6. The maximum absolute atomic E-state index is 13.3. The summed E-state index contributed by atoms with van der Waals surface area (Å²) in [7, 11) is 1.69. The molecule has 16 nitrogen and oxygen atoms in total. The van der Waals surface area contributed by atoms with Gasteiger partial charge in [0.1, 0.15) is 36.4 Å². The number of fused-ring (bicyclic) bond motifs is 1. The highest BCUT2D eigenvalue weighted by Gasteiger charge is 2.43. The standard InChI is InChI=1S/C52H60N4O12/c1-6-42(36-10-8-7-9-11-36)48(37-13-17-40(57)18-14-37)38-15-19-41(20-16-38)66-27-25-54(5)47(60)33-65-29-28-64-26-24-53-45(58)31-35-12-21-43-39(30-35)32-55(49(43)61)44-22-23-46(59)56(50(44)62)34-67-51(63)68-52(2,3)4/h7-21,30,44,57H,6,22-29,31-34H2,1-5H3,(H,53,58)/b48-42-. The number of ether oxygens (including phenoxy) is 5. The van der Waals surface area contributed by atoms with E-state index in [1.807, 2.05) is 54.6 Å².